The van der Waals surface area contributed by atoms with Gasteiger partial charge in [-0.1, -0.05) is 19.9 Å². The SMILES string of the molecule is CC.Cc1ccc(Nc2cc(=O)n(C)c3c2CC(OCCO)=CO3)c(F)c1. The molecule has 0 saturated heterocycles. The molecule has 2 aromatic rings. The average molecular weight is 376 g/mol. The predicted molar refractivity (Wildman–Crippen MR) is 103 cm³/mol. The normalized spacial score (nSPS) is 12.1. The lowest BCUT2D eigenvalue weighted by molar-refractivity contribution is 0.133. The monoisotopic (exact) mass is 376 g/mol. The zero-order valence-electron chi connectivity index (χ0n) is 16.0. The van der Waals surface area contributed by atoms with Gasteiger partial charge >= 0.3 is 0 Å². The number of hydrogen-bond donors (Lipinski definition) is 2. The van der Waals surface area contributed by atoms with Crippen molar-refractivity contribution in [1.82, 2.24) is 4.57 Å². The number of pyridine rings is 1. The smallest absolute Gasteiger partial charge is 0.255 e. The molecule has 0 atom stereocenters. The van der Waals surface area contributed by atoms with Crippen LogP contribution in [-0.2, 0) is 18.2 Å². The van der Waals surface area contributed by atoms with Gasteiger partial charge in [0, 0.05) is 25.1 Å². The molecule has 2 N–H and O–H groups in total. The molecule has 2 heterocycles. The van der Waals surface area contributed by atoms with Crippen LogP contribution in [0.2, 0.25) is 0 Å². The summed E-state index contributed by atoms with van der Waals surface area (Å²) in [7, 11) is 1.60. The maximum atomic E-state index is 14.2. The number of anilines is 2. The van der Waals surface area contributed by atoms with Gasteiger partial charge in [0.2, 0.25) is 5.88 Å². The fourth-order valence-electron chi connectivity index (χ4n) is 2.62. The highest BCUT2D eigenvalue weighted by atomic mass is 19.1. The first-order valence-electron chi connectivity index (χ1n) is 8.85. The first-order chi connectivity index (χ1) is 13.0. The minimum atomic E-state index is -0.404. The summed E-state index contributed by atoms with van der Waals surface area (Å²) >= 11 is 0. The van der Waals surface area contributed by atoms with Crippen LogP contribution in [0.1, 0.15) is 25.0 Å². The first kappa shape index (κ1) is 20.5. The number of nitrogens with zero attached hydrogens (tertiary/aromatic N) is 1. The third-order valence-corrected chi connectivity index (χ3v) is 3.91. The Morgan fingerprint density at radius 1 is 1.30 bits per heavy atom. The van der Waals surface area contributed by atoms with Gasteiger partial charge in [0.1, 0.15) is 24.4 Å². The second-order valence-corrected chi connectivity index (χ2v) is 5.80. The van der Waals surface area contributed by atoms with Crippen molar-refractivity contribution < 1.29 is 19.0 Å². The van der Waals surface area contributed by atoms with E-state index in [0.717, 1.165) is 5.56 Å². The van der Waals surface area contributed by atoms with E-state index < -0.39 is 5.82 Å². The Kier molecular flexibility index (Phi) is 7.01. The van der Waals surface area contributed by atoms with E-state index in [1.807, 2.05) is 13.8 Å². The predicted octanol–water partition coefficient (Wildman–Crippen LogP) is 3.39. The Bertz CT molecular complexity index is 890. The topological polar surface area (TPSA) is 72.7 Å². The molecule has 1 aromatic carbocycles. The van der Waals surface area contributed by atoms with Crippen LogP contribution in [0.5, 0.6) is 5.88 Å². The van der Waals surface area contributed by atoms with Gasteiger partial charge < -0.3 is 19.9 Å². The van der Waals surface area contributed by atoms with Crippen LogP contribution < -0.4 is 15.6 Å². The molecule has 6 nitrogen and oxygen atoms in total. The lowest BCUT2D eigenvalue weighted by Gasteiger charge is -2.23. The van der Waals surface area contributed by atoms with E-state index in [-0.39, 0.29) is 24.5 Å². The highest BCUT2D eigenvalue weighted by Gasteiger charge is 2.22. The van der Waals surface area contributed by atoms with Crippen LogP contribution in [0, 0.1) is 12.7 Å². The summed E-state index contributed by atoms with van der Waals surface area (Å²) in [5.41, 5.74) is 1.94. The zero-order chi connectivity index (χ0) is 20.0. The van der Waals surface area contributed by atoms with Gasteiger partial charge in [0.05, 0.1) is 18.0 Å². The highest BCUT2D eigenvalue weighted by Crippen LogP contribution is 2.33. The van der Waals surface area contributed by atoms with Gasteiger partial charge in [-0.2, -0.15) is 0 Å². The van der Waals surface area contributed by atoms with Crippen molar-refractivity contribution in [3.05, 3.63) is 63.6 Å². The third kappa shape index (κ3) is 4.68. The molecule has 1 aliphatic rings. The van der Waals surface area contributed by atoms with Gasteiger partial charge in [0.25, 0.3) is 5.56 Å². The molecule has 1 aromatic heterocycles. The molecule has 0 aliphatic carbocycles. The standard InChI is InChI=1S/C18H19FN2O4.C2H6/c1-11-3-4-15(14(19)7-11)20-16-9-17(23)21(2)18-13(16)8-12(10-25-18)24-6-5-22;1-2/h3-4,7,9-10,20,22H,5-6,8H2,1-2H3;1-2H3. The van der Waals surface area contributed by atoms with Crippen LogP contribution in [0.3, 0.4) is 0 Å². The molecule has 0 bridgehead atoms. The summed E-state index contributed by atoms with van der Waals surface area (Å²) in [6, 6.07) is 6.22. The number of ether oxygens (including phenoxy) is 2. The van der Waals surface area contributed by atoms with Crippen molar-refractivity contribution in [2.75, 3.05) is 18.5 Å². The molecule has 3 rings (SSSR count). The number of aromatic nitrogens is 1. The lowest BCUT2D eigenvalue weighted by Crippen LogP contribution is -2.23. The van der Waals surface area contributed by atoms with E-state index in [0.29, 0.717) is 29.3 Å². The summed E-state index contributed by atoms with van der Waals surface area (Å²) < 4.78 is 26.5. The molecule has 1 aliphatic heterocycles. The van der Waals surface area contributed by atoms with Crippen molar-refractivity contribution in [2.24, 2.45) is 7.05 Å². The number of benzene rings is 1. The molecule has 0 amide bonds. The van der Waals surface area contributed by atoms with Crippen molar-refractivity contribution in [2.45, 2.75) is 27.2 Å². The number of aliphatic hydroxyl groups excluding tert-OH is 1. The Balaban J connectivity index is 0.00000126. The van der Waals surface area contributed by atoms with Crippen LogP contribution in [0.4, 0.5) is 15.8 Å². The number of allylic oxidation sites excluding steroid dienone is 1. The number of nitrogens with one attached hydrogen (secondary N) is 1. The summed E-state index contributed by atoms with van der Waals surface area (Å²) in [5.74, 6) is 0.491. The Morgan fingerprint density at radius 2 is 2.04 bits per heavy atom. The highest BCUT2D eigenvalue weighted by molar-refractivity contribution is 5.66. The quantitative estimate of drug-likeness (QED) is 0.837. The molecule has 0 spiro atoms. The van der Waals surface area contributed by atoms with E-state index in [9.17, 15) is 9.18 Å². The van der Waals surface area contributed by atoms with E-state index >= 15 is 0 Å². The number of aliphatic hydroxyl groups is 1. The summed E-state index contributed by atoms with van der Waals surface area (Å²) in [6.45, 7) is 5.83. The molecular formula is C20H25FN2O4. The third-order valence-electron chi connectivity index (χ3n) is 3.91. The second kappa shape index (κ2) is 9.23. The van der Waals surface area contributed by atoms with Crippen molar-refractivity contribution in [3.63, 3.8) is 0 Å². The molecule has 7 heteroatoms. The summed E-state index contributed by atoms with van der Waals surface area (Å²) in [6.07, 6.45) is 1.77. The van der Waals surface area contributed by atoms with E-state index in [1.54, 1.807) is 26.1 Å². The van der Waals surface area contributed by atoms with Crippen LogP contribution in [-0.4, -0.2) is 22.9 Å². The molecule has 146 valence electrons. The second-order valence-electron chi connectivity index (χ2n) is 5.80. The Hall–Kier alpha value is -2.80. The van der Waals surface area contributed by atoms with E-state index in [4.69, 9.17) is 14.6 Å². The molecule has 0 radical (unpaired) electrons. The van der Waals surface area contributed by atoms with Crippen LogP contribution in [0.15, 0.2) is 41.1 Å². The Labute approximate surface area is 157 Å². The largest absolute Gasteiger partial charge is 0.492 e. The summed E-state index contributed by atoms with van der Waals surface area (Å²) in [4.78, 5) is 12.2. The number of aryl methyl sites for hydroxylation is 1. The average Bonchev–Trinajstić information content (AvgIpc) is 2.67. The maximum absolute atomic E-state index is 14.2. The van der Waals surface area contributed by atoms with Gasteiger partial charge in [-0.05, 0) is 24.6 Å². The lowest BCUT2D eigenvalue weighted by atomic mass is 10.1. The maximum Gasteiger partial charge on any atom is 0.255 e. The molecular weight excluding hydrogens is 351 g/mol. The zero-order valence-corrected chi connectivity index (χ0v) is 16.0. The number of hydrogen-bond acceptors (Lipinski definition) is 5. The molecule has 27 heavy (non-hydrogen) atoms. The van der Waals surface area contributed by atoms with Gasteiger partial charge in [-0.25, -0.2) is 4.39 Å². The van der Waals surface area contributed by atoms with Gasteiger partial charge in [-0.3, -0.25) is 9.36 Å². The minimum absolute atomic E-state index is 0.114. The Morgan fingerprint density at radius 3 is 2.70 bits per heavy atom. The minimum Gasteiger partial charge on any atom is -0.492 e. The van der Waals surface area contributed by atoms with Crippen molar-refractivity contribution in [3.8, 4) is 5.88 Å². The molecule has 0 saturated carbocycles. The summed E-state index contributed by atoms with van der Waals surface area (Å²) in [5, 5.41) is 11.9. The molecule has 0 fully saturated rings. The first-order valence-corrected chi connectivity index (χ1v) is 8.85. The van der Waals surface area contributed by atoms with Gasteiger partial charge in [-0.15, -0.1) is 0 Å². The van der Waals surface area contributed by atoms with Crippen LogP contribution in [0.25, 0.3) is 0 Å². The molecule has 0 unspecified atom stereocenters. The van der Waals surface area contributed by atoms with Crippen LogP contribution >= 0.6 is 0 Å². The number of fused-ring (bicyclic) bond motifs is 1. The fourth-order valence-corrected chi connectivity index (χ4v) is 2.62. The van der Waals surface area contributed by atoms with Crippen molar-refractivity contribution >= 4 is 11.4 Å². The number of rotatable bonds is 5. The number of halogens is 1. The van der Waals surface area contributed by atoms with E-state index in [2.05, 4.69) is 5.32 Å². The van der Waals surface area contributed by atoms with E-state index in [1.165, 1.54) is 23.0 Å². The fraction of sp³-hybridized carbons (Fsp3) is 0.350. The van der Waals surface area contributed by atoms with Gasteiger partial charge in [0.15, 0.2) is 0 Å². The van der Waals surface area contributed by atoms with Crippen molar-refractivity contribution in [1.29, 1.82) is 0 Å².